The number of thiazole rings is 1. The average Bonchev–Trinajstić information content (AvgIpc) is 3.55. The molecule has 5 N–H and O–H groups in total. The summed E-state index contributed by atoms with van der Waals surface area (Å²) in [7, 11) is 1.29. The van der Waals surface area contributed by atoms with Crippen molar-refractivity contribution >= 4 is 68.3 Å². The third-order valence-corrected chi connectivity index (χ3v) is 8.62. The zero-order chi connectivity index (χ0) is 27.3. The van der Waals surface area contributed by atoms with Crippen LogP contribution in [0.25, 0.3) is 16.6 Å². The van der Waals surface area contributed by atoms with Gasteiger partial charge in [-0.3, -0.25) is 14.5 Å². The molecule has 0 spiro atoms. The molecule has 2 aliphatic rings. The number of benzene rings is 1. The molecule has 198 valence electrons. The lowest BCUT2D eigenvalue weighted by Gasteiger charge is -2.49. The first-order valence-corrected chi connectivity index (χ1v) is 13.7. The maximum atomic E-state index is 13.2. The number of nitrogens with zero attached hydrogens (tertiary/aromatic N) is 4. The van der Waals surface area contributed by atoms with E-state index < -0.39 is 29.2 Å². The van der Waals surface area contributed by atoms with Crippen LogP contribution in [-0.4, -0.2) is 67.7 Å². The molecule has 12 nitrogen and oxygen atoms in total. The first-order valence-electron chi connectivity index (χ1n) is 11.8. The number of aliphatic carboxylic acids is 1. The highest BCUT2D eigenvalue weighted by Crippen LogP contribution is 2.41. The lowest BCUT2D eigenvalue weighted by Crippen LogP contribution is -2.71. The van der Waals surface area contributed by atoms with Crippen molar-refractivity contribution in [2.75, 3.05) is 18.6 Å². The van der Waals surface area contributed by atoms with E-state index in [9.17, 15) is 19.5 Å². The van der Waals surface area contributed by atoms with Crippen molar-refractivity contribution in [1.82, 2.24) is 20.2 Å². The predicted octanol–water partition coefficient (Wildman–Crippen LogP) is 1.28. The van der Waals surface area contributed by atoms with Gasteiger partial charge in [0, 0.05) is 29.0 Å². The van der Waals surface area contributed by atoms with Crippen molar-refractivity contribution in [2.45, 2.75) is 17.8 Å². The first kappa shape index (κ1) is 24.9. The van der Waals surface area contributed by atoms with Gasteiger partial charge >= 0.3 is 5.97 Å². The average molecular weight is 565 g/mol. The van der Waals surface area contributed by atoms with E-state index in [1.54, 1.807) is 5.38 Å². The van der Waals surface area contributed by atoms with E-state index in [1.807, 2.05) is 42.6 Å². The van der Waals surface area contributed by atoms with Crippen molar-refractivity contribution in [3.63, 3.8) is 0 Å². The highest BCUT2D eigenvalue weighted by atomic mass is 32.2. The molecule has 2 amide bonds. The summed E-state index contributed by atoms with van der Waals surface area (Å²) in [6, 6.07) is 11.0. The molecular weight excluding hydrogens is 542 g/mol. The number of fused-ring (bicyclic) bond motifs is 4. The Kier molecular flexibility index (Phi) is 6.19. The number of rotatable bonds is 7. The summed E-state index contributed by atoms with van der Waals surface area (Å²) in [6.07, 6.45) is 2.19. The molecule has 6 rings (SSSR count). The van der Waals surface area contributed by atoms with Crippen LogP contribution in [0, 0.1) is 0 Å². The number of para-hydroxylation sites is 1. The third-order valence-electron chi connectivity index (χ3n) is 6.61. The molecule has 1 aromatic carbocycles. The van der Waals surface area contributed by atoms with Crippen LogP contribution in [-0.2, 0) is 25.6 Å². The number of pyridine rings is 1. The largest absolute Gasteiger partial charge is 0.477 e. The summed E-state index contributed by atoms with van der Waals surface area (Å²) in [4.78, 5) is 51.9. The molecule has 0 unspecified atom stereocenters. The number of amides is 2. The van der Waals surface area contributed by atoms with Crippen molar-refractivity contribution < 1.29 is 28.7 Å². The van der Waals surface area contributed by atoms with E-state index in [0.29, 0.717) is 17.7 Å². The molecule has 5 heterocycles. The predicted molar refractivity (Wildman–Crippen MR) is 145 cm³/mol. The standard InChI is InChI=1S/C25H21N7O5S2/c1-37-30-18(15-11-39-25(26)28-15)21(33)29-19-22(34)32-20(24(35)36)13(10-38-23(19)32)8-14-9-27-17-7-6-12-4-2-3-5-16(12)31(14)17/h2-7,9,11,19,23H,8,10H2,1H3,(H4,26,28,29,33,35,36)/p+1/t19-,23+/m1/s1. The van der Waals surface area contributed by atoms with Gasteiger partial charge in [-0.15, -0.1) is 23.1 Å². The molecule has 0 radical (unpaired) electrons. The lowest BCUT2D eigenvalue weighted by atomic mass is 10.0. The maximum absolute atomic E-state index is 13.2. The fourth-order valence-corrected chi connectivity index (χ4v) is 6.81. The summed E-state index contributed by atoms with van der Waals surface area (Å²) >= 11 is 2.53. The van der Waals surface area contributed by atoms with Crippen molar-refractivity contribution in [3.8, 4) is 0 Å². The number of carboxylic acids is 1. The Morgan fingerprint density at radius 2 is 2.15 bits per heavy atom. The van der Waals surface area contributed by atoms with Gasteiger partial charge < -0.3 is 21.0 Å². The number of oxime groups is 1. The summed E-state index contributed by atoms with van der Waals surface area (Å²) in [6.45, 7) is 0. The van der Waals surface area contributed by atoms with E-state index in [4.69, 9.17) is 10.6 Å². The Morgan fingerprint density at radius 3 is 2.90 bits per heavy atom. The smallest absolute Gasteiger partial charge is 0.352 e. The van der Waals surface area contributed by atoms with Gasteiger partial charge in [-0.25, -0.2) is 14.8 Å². The second-order valence-corrected chi connectivity index (χ2v) is 10.9. The van der Waals surface area contributed by atoms with Crippen molar-refractivity contribution in [2.24, 2.45) is 5.16 Å². The second kappa shape index (κ2) is 9.71. The third kappa shape index (κ3) is 4.17. The number of hydrogen-bond acceptors (Lipinski definition) is 9. The molecule has 1 saturated heterocycles. The molecule has 0 bridgehead atoms. The highest BCUT2D eigenvalue weighted by molar-refractivity contribution is 8.00. The summed E-state index contributed by atoms with van der Waals surface area (Å²) < 4.78 is 2.06. The molecular formula is C25H22N7O5S2+. The zero-order valence-corrected chi connectivity index (χ0v) is 22.1. The molecule has 2 aliphatic heterocycles. The van der Waals surface area contributed by atoms with Gasteiger partial charge in [-0.2, -0.15) is 4.40 Å². The second-order valence-electron chi connectivity index (χ2n) is 8.88. The number of imidazole rings is 1. The topological polar surface area (TPSA) is 167 Å². The molecule has 2 atom stereocenters. The van der Waals surface area contributed by atoms with E-state index in [0.717, 1.165) is 33.6 Å². The number of aromatic amines is 1. The van der Waals surface area contributed by atoms with Crippen molar-refractivity contribution in [1.29, 1.82) is 0 Å². The number of nitrogens with one attached hydrogen (secondary N) is 2. The molecule has 0 saturated carbocycles. The minimum Gasteiger partial charge on any atom is -0.477 e. The number of H-pyrrole nitrogens is 1. The fourth-order valence-electron chi connectivity index (χ4n) is 4.92. The van der Waals surface area contributed by atoms with Crippen LogP contribution >= 0.6 is 23.1 Å². The Labute approximate surface area is 229 Å². The quantitative estimate of drug-likeness (QED) is 0.113. The number of nitrogen functional groups attached to an aromatic ring is 1. The Bertz CT molecular complexity index is 1730. The molecule has 3 aromatic heterocycles. The number of β-lactam (4-membered cyclic amide) rings is 1. The van der Waals surface area contributed by atoms with Crippen LogP contribution in [0.3, 0.4) is 0 Å². The molecule has 4 aromatic rings. The van der Waals surface area contributed by atoms with E-state index in [-0.39, 0.29) is 22.2 Å². The van der Waals surface area contributed by atoms with Gasteiger partial charge in [0.25, 0.3) is 17.5 Å². The van der Waals surface area contributed by atoms with Crippen LogP contribution in [0.4, 0.5) is 5.13 Å². The van der Waals surface area contributed by atoms with E-state index in [1.165, 1.54) is 23.8 Å². The van der Waals surface area contributed by atoms with Crippen LogP contribution < -0.4 is 15.5 Å². The van der Waals surface area contributed by atoms with Crippen LogP contribution in [0.5, 0.6) is 0 Å². The molecule has 39 heavy (non-hydrogen) atoms. The van der Waals surface area contributed by atoms with Crippen LogP contribution in [0.2, 0.25) is 0 Å². The van der Waals surface area contributed by atoms with Crippen LogP contribution in [0.15, 0.2) is 64.4 Å². The Morgan fingerprint density at radius 1 is 1.33 bits per heavy atom. The Balaban J connectivity index is 1.27. The molecule has 1 fully saturated rings. The SMILES string of the molecule is CON=C(C(=O)N[C@@H]1C(=O)N2C(C(=O)O)=C(Cc3c[nH]c4ccc5ccccc5[n+]34)CS[C@@H]12)c1csc(N)n1. The van der Waals surface area contributed by atoms with Crippen molar-refractivity contribution in [3.05, 3.63) is 70.6 Å². The number of nitrogens with two attached hydrogens (primary N) is 1. The number of carbonyl (C=O) groups is 3. The number of thioether (sulfide) groups is 1. The number of carboxylic acid groups (broad SMARTS) is 1. The first-order chi connectivity index (χ1) is 18.9. The number of carbonyl (C=O) groups excluding carboxylic acids is 2. The highest BCUT2D eigenvalue weighted by Gasteiger charge is 2.54. The molecule has 0 aliphatic carbocycles. The van der Waals surface area contributed by atoms with Gasteiger partial charge in [-0.1, -0.05) is 23.4 Å². The number of anilines is 1. The minimum absolute atomic E-state index is 0.0532. The Hall–Kier alpha value is -4.43. The summed E-state index contributed by atoms with van der Waals surface area (Å²) in [5.41, 5.74) is 9.06. The van der Waals surface area contributed by atoms with Gasteiger partial charge in [0.1, 0.15) is 41.6 Å². The minimum atomic E-state index is -1.19. The van der Waals surface area contributed by atoms with Gasteiger partial charge in [0.05, 0.1) is 0 Å². The van der Waals surface area contributed by atoms with Gasteiger partial charge in [0.15, 0.2) is 16.5 Å². The summed E-state index contributed by atoms with van der Waals surface area (Å²) in [5, 5.41) is 18.8. The lowest BCUT2D eigenvalue weighted by molar-refractivity contribution is -0.489. The normalized spacial score (nSPS) is 19.3. The summed E-state index contributed by atoms with van der Waals surface area (Å²) in [5.74, 6) is -2.00. The van der Waals surface area contributed by atoms with E-state index in [2.05, 4.69) is 24.8 Å². The molecule has 14 heteroatoms. The maximum Gasteiger partial charge on any atom is 0.352 e. The van der Waals surface area contributed by atoms with Crippen LogP contribution in [0.1, 0.15) is 11.4 Å². The fraction of sp³-hybridized carbons (Fsp3) is 0.200. The number of hydrogen-bond donors (Lipinski definition) is 4. The van der Waals surface area contributed by atoms with E-state index >= 15 is 0 Å². The monoisotopic (exact) mass is 564 g/mol. The van der Waals surface area contributed by atoms with Gasteiger partial charge in [0.2, 0.25) is 0 Å². The zero-order valence-electron chi connectivity index (χ0n) is 20.5. The number of aromatic nitrogens is 3. The van der Waals surface area contributed by atoms with Gasteiger partial charge in [-0.05, 0) is 17.7 Å².